The molecule has 0 fully saturated rings. The lowest BCUT2D eigenvalue weighted by Gasteiger charge is -2.14. The van der Waals surface area contributed by atoms with E-state index in [-0.39, 0.29) is 16.9 Å². The van der Waals surface area contributed by atoms with Gasteiger partial charge in [-0.2, -0.15) is 0 Å². The van der Waals surface area contributed by atoms with Crippen molar-refractivity contribution in [3.8, 4) is 78.6 Å². The summed E-state index contributed by atoms with van der Waals surface area (Å²) in [6, 6.07) is 55.3. The molecule has 2 heterocycles. The van der Waals surface area contributed by atoms with Crippen molar-refractivity contribution in [3.05, 3.63) is 193 Å². The molecule has 0 aliphatic carbocycles. The van der Waals surface area contributed by atoms with Crippen molar-refractivity contribution in [1.82, 2.24) is 14.5 Å². The van der Waals surface area contributed by atoms with Gasteiger partial charge in [-0.3, -0.25) is 9.55 Å². The highest BCUT2D eigenvalue weighted by atomic mass is 16.3. The molecule has 0 unspecified atom stereocenters. The first-order valence-electron chi connectivity index (χ1n) is 20.7. The number of pyridine rings is 1. The van der Waals surface area contributed by atoms with E-state index in [1.54, 1.807) is 42.6 Å². The van der Waals surface area contributed by atoms with Crippen LogP contribution < -0.4 is 0 Å². The fraction of sp³-hybridized carbons (Fsp3) is 0.0400. The fourth-order valence-electron chi connectivity index (χ4n) is 7.13. The van der Waals surface area contributed by atoms with Crippen LogP contribution >= 0.6 is 0 Å². The van der Waals surface area contributed by atoms with E-state index in [2.05, 4.69) is 30.3 Å². The second kappa shape index (κ2) is 13.8. The minimum Gasteiger partial charge on any atom is -0.507 e. The number of hydrogen-bond donors (Lipinski definition) is 1. The highest BCUT2D eigenvalue weighted by Gasteiger charge is 2.21. The molecule has 7 aromatic carbocycles. The second-order valence-corrected chi connectivity index (χ2v) is 13.3. The predicted molar refractivity (Wildman–Crippen MR) is 223 cm³/mol. The number of rotatable bonds is 7. The molecule has 0 saturated heterocycles. The van der Waals surface area contributed by atoms with E-state index in [1.165, 1.54) is 0 Å². The van der Waals surface area contributed by atoms with Crippen molar-refractivity contribution < 1.29 is 13.3 Å². The number of benzene rings is 7. The summed E-state index contributed by atoms with van der Waals surface area (Å²) in [7, 11) is 0. The Kier molecular flexibility index (Phi) is 6.84. The summed E-state index contributed by atoms with van der Waals surface area (Å²) in [5.41, 5.74) is 11.6. The second-order valence-electron chi connectivity index (χ2n) is 13.3. The average Bonchev–Trinajstić information content (AvgIpc) is 3.66. The van der Waals surface area contributed by atoms with Crippen LogP contribution in [0.5, 0.6) is 5.75 Å². The molecule has 0 amide bonds. The van der Waals surface area contributed by atoms with E-state index in [0.717, 1.165) is 61.3 Å². The predicted octanol–water partition coefficient (Wildman–Crippen LogP) is 12.7. The summed E-state index contributed by atoms with van der Waals surface area (Å²) in [6.45, 7) is -4.58. The van der Waals surface area contributed by atoms with Crippen LogP contribution in [-0.2, 0) is 0 Å². The normalized spacial score (nSPS) is 13.3. The van der Waals surface area contributed by atoms with Gasteiger partial charge in [0.05, 0.1) is 22.3 Å². The van der Waals surface area contributed by atoms with Crippen LogP contribution in [0.3, 0.4) is 0 Å². The summed E-state index contributed by atoms with van der Waals surface area (Å²) in [4.78, 5) is 10.1. The molecular formula is C50H37N3O. The number of nitrogens with zero attached hydrogens (tertiary/aromatic N) is 3. The van der Waals surface area contributed by atoms with Gasteiger partial charge in [-0.15, -0.1) is 0 Å². The van der Waals surface area contributed by atoms with E-state index >= 15 is 0 Å². The summed E-state index contributed by atoms with van der Waals surface area (Å²) in [5, 5.41) is 11.3. The van der Waals surface area contributed by atoms with Crippen LogP contribution in [0.2, 0.25) is 0 Å². The largest absolute Gasteiger partial charge is 0.507 e. The maximum absolute atomic E-state index is 11.3. The lowest BCUT2D eigenvalue weighted by molar-refractivity contribution is 0.477. The van der Waals surface area contributed by atoms with Crippen molar-refractivity contribution in [2.45, 2.75) is 13.7 Å². The van der Waals surface area contributed by atoms with Gasteiger partial charge in [-0.25, -0.2) is 4.98 Å². The van der Waals surface area contributed by atoms with E-state index in [4.69, 9.17) is 18.2 Å². The molecule has 54 heavy (non-hydrogen) atoms. The lowest BCUT2D eigenvalue weighted by Crippen LogP contribution is -1.99. The molecule has 0 bridgehead atoms. The number of para-hydroxylation sites is 2. The highest BCUT2D eigenvalue weighted by molar-refractivity contribution is 5.97. The Morgan fingerprint density at radius 3 is 1.87 bits per heavy atom. The Hall–Kier alpha value is -7.04. The van der Waals surface area contributed by atoms with Crippen molar-refractivity contribution in [2.75, 3.05) is 0 Å². The van der Waals surface area contributed by atoms with Gasteiger partial charge in [-0.05, 0) is 119 Å². The van der Waals surface area contributed by atoms with E-state index < -0.39 is 13.7 Å². The molecule has 0 aliphatic heterocycles. The molecule has 4 heteroatoms. The number of hydrogen-bond acceptors (Lipinski definition) is 3. The molecule has 2 aromatic heterocycles. The van der Waals surface area contributed by atoms with Crippen molar-refractivity contribution in [1.29, 1.82) is 0 Å². The number of imidazole rings is 1. The van der Waals surface area contributed by atoms with Gasteiger partial charge in [0.25, 0.3) is 0 Å². The number of phenols is 1. The first-order chi connectivity index (χ1) is 28.9. The maximum Gasteiger partial charge on any atom is 0.149 e. The zero-order chi connectivity index (χ0) is 41.6. The lowest BCUT2D eigenvalue weighted by atomic mass is 9.93. The molecule has 0 saturated carbocycles. The first kappa shape index (κ1) is 26.7. The van der Waals surface area contributed by atoms with Gasteiger partial charge in [0.15, 0.2) is 0 Å². The highest BCUT2D eigenvalue weighted by Crippen LogP contribution is 2.40. The molecule has 0 atom stereocenters. The molecule has 4 nitrogen and oxygen atoms in total. The topological polar surface area (TPSA) is 50.9 Å². The van der Waals surface area contributed by atoms with Gasteiger partial charge in [0, 0.05) is 31.2 Å². The summed E-state index contributed by atoms with van der Waals surface area (Å²) in [5.74, 6) is 0.494. The smallest absolute Gasteiger partial charge is 0.149 e. The molecule has 0 spiro atoms. The molecule has 9 rings (SSSR count). The maximum atomic E-state index is 11.3. The van der Waals surface area contributed by atoms with Gasteiger partial charge in [-0.1, -0.05) is 121 Å². The van der Waals surface area contributed by atoms with E-state index in [0.29, 0.717) is 22.6 Å². The number of aryl methyl sites for hydroxylation is 2. The van der Waals surface area contributed by atoms with Crippen LogP contribution in [0.4, 0.5) is 0 Å². The Morgan fingerprint density at radius 2 is 1.13 bits per heavy atom. The monoisotopic (exact) mass is 701 g/mol. The van der Waals surface area contributed by atoms with Crippen molar-refractivity contribution >= 4 is 11.0 Å². The Labute approximate surface area is 323 Å². The summed E-state index contributed by atoms with van der Waals surface area (Å²) < 4.78 is 50.6. The van der Waals surface area contributed by atoms with Crippen LogP contribution in [0.1, 0.15) is 19.4 Å². The Balaban J connectivity index is 1.27. The molecule has 9 aromatic rings. The number of aromatic nitrogens is 3. The third-order valence-corrected chi connectivity index (χ3v) is 9.74. The fourth-order valence-corrected chi connectivity index (χ4v) is 7.13. The molecule has 0 aliphatic rings. The van der Waals surface area contributed by atoms with Crippen molar-refractivity contribution in [2.24, 2.45) is 0 Å². The third kappa shape index (κ3) is 6.24. The molecule has 258 valence electrons. The van der Waals surface area contributed by atoms with Gasteiger partial charge in [0.2, 0.25) is 0 Å². The zero-order valence-corrected chi connectivity index (χ0v) is 29.1. The van der Waals surface area contributed by atoms with Crippen LogP contribution in [-0.4, -0.2) is 19.6 Å². The number of aromatic hydroxyl groups is 1. The molecule has 1 N–H and O–H groups in total. The first-order valence-corrected chi connectivity index (χ1v) is 17.7. The van der Waals surface area contributed by atoms with Crippen molar-refractivity contribution in [3.63, 3.8) is 0 Å². The van der Waals surface area contributed by atoms with Gasteiger partial charge < -0.3 is 5.11 Å². The number of phenolic OH excluding ortho intramolecular Hbond substituents is 1. The van der Waals surface area contributed by atoms with E-state index in [1.807, 2.05) is 114 Å². The molecular weight excluding hydrogens is 659 g/mol. The summed E-state index contributed by atoms with van der Waals surface area (Å²) in [6.07, 6.45) is 1.76. The zero-order valence-electron chi connectivity index (χ0n) is 35.1. The van der Waals surface area contributed by atoms with E-state index in [9.17, 15) is 5.11 Å². The third-order valence-electron chi connectivity index (χ3n) is 9.74. The SMILES string of the molecule is [2H]C([2H])([2H])c1ccc(-c2ccnc(-c3cc(-c4ccccc4)cc(-c4cccc5c4nc(-c4ccccc4O)n5-c4cc(-c5ccccc5)cc(C([2H])([2H])[2H])c4)c3)c2)cc1. The average molecular weight is 702 g/mol. The van der Waals surface area contributed by atoms with Crippen LogP contribution in [0.15, 0.2) is 182 Å². The summed E-state index contributed by atoms with van der Waals surface area (Å²) >= 11 is 0. The number of fused-ring (bicyclic) bond motifs is 1. The van der Waals surface area contributed by atoms with Crippen LogP contribution in [0, 0.1) is 13.7 Å². The Morgan fingerprint density at radius 1 is 0.481 bits per heavy atom. The minimum atomic E-state index is -2.39. The minimum absolute atomic E-state index is 0.0400. The molecule has 0 radical (unpaired) electrons. The van der Waals surface area contributed by atoms with Crippen LogP contribution in [0.25, 0.3) is 83.9 Å². The Bertz CT molecular complexity index is 3010. The quantitative estimate of drug-likeness (QED) is 0.180. The standard InChI is InChI=1S/C50H37N3O/c1-33-20-22-37(23-21-33)38-24-25-51-46(32-38)42-29-40(36-14-7-4-8-15-36)28-41(30-42)44-17-11-18-47-49(44)52-50(45-16-9-10-19-48(45)54)53(47)43-27-34(2)26-39(31-43)35-12-5-3-6-13-35/h3-32,54H,1-2H3/i1D3,2D3. The van der Waals surface area contributed by atoms with Gasteiger partial charge >= 0.3 is 0 Å². The van der Waals surface area contributed by atoms with Gasteiger partial charge in [0.1, 0.15) is 11.6 Å².